The second-order valence-electron chi connectivity index (χ2n) is 9.00. The second kappa shape index (κ2) is 13.1. The van der Waals surface area contributed by atoms with Crippen LogP contribution in [0.5, 0.6) is 5.75 Å². The minimum absolute atomic E-state index is 0.131. The molecule has 32 heavy (non-hydrogen) atoms. The largest absolute Gasteiger partial charge is 0.508 e. The summed E-state index contributed by atoms with van der Waals surface area (Å²) in [7, 11) is 0. The Morgan fingerprint density at radius 2 is 1.50 bits per heavy atom. The van der Waals surface area contributed by atoms with Crippen LogP contribution in [0.25, 0.3) is 0 Å². The normalized spacial score (nSPS) is 24.5. The average molecular weight is 447 g/mol. The molecule has 5 N–H and O–H groups in total. The Morgan fingerprint density at radius 3 is 2.16 bits per heavy atom. The highest BCUT2D eigenvalue weighted by Gasteiger charge is 2.28. The molecule has 0 radical (unpaired) electrons. The van der Waals surface area contributed by atoms with Gasteiger partial charge in [-0.05, 0) is 56.3 Å². The molecule has 1 heterocycles. The zero-order chi connectivity index (χ0) is 23.5. The molecule has 1 aliphatic rings. The summed E-state index contributed by atoms with van der Waals surface area (Å²) in [5, 5.41) is 21.4. The van der Waals surface area contributed by atoms with Crippen molar-refractivity contribution < 1.29 is 19.5 Å². The highest BCUT2D eigenvalue weighted by Crippen LogP contribution is 2.13. The molecule has 1 fully saturated rings. The summed E-state index contributed by atoms with van der Waals surface area (Å²) >= 11 is 0. The third-order valence-electron chi connectivity index (χ3n) is 5.60. The molecule has 1 aliphatic heterocycles. The van der Waals surface area contributed by atoms with E-state index in [1.807, 2.05) is 13.8 Å². The summed E-state index contributed by atoms with van der Waals surface area (Å²) in [6.07, 6.45) is 4.61. The van der Waals surface area contributed by atoms with E-state index < -0.39 is 24.0 Å². The molecule has 178 valence electrons. The van der Waals surface area contributed by atoms with Crippen LogP contribution in [0.15, 0.2) is 24.3 Å². The van der Waals surface area contributed by atoms with Crippen LogP contribution in [0.2, 0.25) is 0 Å². The van der Waals surface area contributed by atoms with E-state index >= 15 is 0 Å². The standard InChI is InChI=1S/C24H38N4O4/c1-16(2)14-20-23(31)26-13-7-5-4-6-12-25-17(3)22(30)27-21(24(32)28-20)15-18-8-10-19(29)11-9-18/h8-11,16-17,20-21,25,29H,4-7,12-15H2,1-3H3,(H,26,31)(H,27,30)(H,28,32)/t17-,20-,21-/m0/s1. The molecule has 1 aromatic carbocycles. The van der Waals surface area contributed by atoms with E-state index in [-0.39, 0.29) is 29.9 Å². The van der Waals surface area contributed by atoms with Crippen molar-refractivity contribution in [2.24, 2.45) is 5.92 Å². The molecule has 1 saturated heterocycles. The maximum absolute atomic E-state index is 13.2. The molecule has 0 spiro atoms. The lowest BCUT2D eigenvalue weighted by Crippen LogP contribution is -2.56. The van der Waals surface area contributed by atoms with Crippen LogP contribution in [0.4, 0.5) is 0 Å². The van der Waals surface area contributed by atoms with Gasteiger partial charge in [-0.25, -0.2) is 0 Å². The molecule has 0 bridgehead atoms. The fourth-order valence-electron chi connectivity index (χ4n) is 3.70. The van der Waals surface area contributed by atoms with Crippen molar-refractivity contribution in [3.63, 3.8) is 0 Å². The first-order valence-electron chi connectivity index (χ1n) is 11.7. The van der Waals surface area contributed by atoms with Crippen LogP contribution in [0.3, 0.4) is 0 Å². The van der Waals surface area contributed by atoms with Crippen LogP contribution in [-0.2, 0) is 20.8 Å². The number of aromatic hydroxyl groups is 1. The van der Waals surface area contributed by atoms with Crippen molar-refractivity contribution >= 4 is 17.7 Å². The highest BCUT2D eigenvalue weighted by atomic mass is 16.3. The minimum atomic E-state index is -0.841. The van der Waals surface area contributed by atoms with Crippen LogP contribution >= 0.6 is 0 Å². The molecule has 1 aromatic rings. The summed E-state index contributed by atoms with van der Waals surface area (Å²) in [5.74, 6) is -0.506. The number of hydrogen-bond acceptors (Lipinski definition) is 5. The smallest absolute Gasteiger partial charge is 0.243 e. The number of phenolic OH excluding ortho intramolecular Hbond substituents is 1. The Balaban J connectivity index is 2.22. The van der Waals surface area contributed by atoms with E-state index in [0.717, 1.165) is 31.2 Å². The van der Waals surface area contributed by atoms with Crippen molar-refractivity contribution in [3.8, 4) is 5.75 Å². The number of nitrogens with one attached hydrogen (secondary N) is 4. The van der Waals surface area contributed by atoms with Gasteiger partial charge in [-0.2, -0.15) is 0 Å². The Kier molecular flexibility index (Phi) is 10.5. The summed E-state index contributed by atoms with van der Waals surface area (Å²) in [6.45, 7) is 7.08. The third kappa shape index (κ3) is 8.86. The van der Waals surface area contributed by atoms with Gasteiger partial charge in [0.25, 0.3) is 0 Å². The molecule has 0 saturated carbocycles. The van der Waals surface area contributed by atoms with Crippen molar-refractivity contribution in [2.45, 2.75) is 77.4 Å². The molecule has 3 amide bonds. The van der Waals surface area contributed by atoms with Gasteiger partial charge in [-0.1, -0.05) is 38.8 Å². The van der Waals surface area contributed by atoms with E-state index in [9.17, 15) is 19.5 Å². The van der Waals surface area contributed by atoms with E-state index in [1.54, 1.807) is 31.2 Å². The zero-order valence-electron chi connectivity index (χ0n) is 19.4. The molecule has 3 atom stereocenters. The Labute approximate surface area is 190 Å². The van der Waals surface area contributed by atoms with Crippen molar-refractivity contribution in [1.29, 1.82) is 0 Å². The third-order valence-corrected chi connectivity index (χ3v) is 5.60. The number of rotatable bonds is 4. The predicted octanol–water partition coefficient (Wildman–Crippen LogP) is 1.62. The molecular formula is C24H38N4O4. The Morgan fingerprint density at radius 1 is 0.875 bits per heavy atom. The minimum Gasteiger partial charge on any atom is -0.508 e. The molecule has 8 heteroatoms. The van der Waals surface area contributed by atoms with Gasteiger partial charge in [0.05, 0.1) is 6.04 Å². The molecule has 0 aromatic heterocycles. The monoisotopic (exact) mass is 446 g/mol. The molecule has 0 aliphatic carbocycles. The Hall–Kier alpha value is -2.61. The first kappa shape index (κ1) is 25.6. The van der Waals surface area contributed by atoms with E-state index in [4.69, 9.17) is 0 Å². The topological polar surface area (TPSA) is 120 Å². The lowest BCUT2D eigenvalue weighted by Gasteiger charge is -2.25. The van der Waals surface area contributed by atoms with Crippen molar-refractivity contribution in [2.75, 3.05) is 13.1 Å². The van der Waals surface area contributed by atoms with Crippen LogP contribution in [0, 0.1) is 5.92 Å². The number of carbonyl (C=O) groups excluding carboxylic acids is 3. The number of amides is 3. The van der Waals surface area contributed by atoms with Gasteiger partial charge in [-0.15, -0.1) is 0 Å². The van der Waals surface area contributed by atoms with Gasteiger partial charge in [0.2, 0.25) is 17.7 Å². The first-order valence-corrected chi connectivity index (χ1v) is 11.7. The summed E-state index contributed by atoms with van der Waals surface area (Å²) in [4.78, 5) is 38.7. The maximum atomic E-state index is 13.2. The van der Waals surface area contributed by atoms with Gasteiger partial charge >= 0.3 is 0 Å². The van der Waals surface area contributed by atoms with E-state index in [2.05, 4.69) is 21.3 Å². The summed E-state index contributed by atoms with van der Waals surface area (Å²) in [5.41, 5.74) is 0.795. The molecule has 0 unspecified atom stereocenters. The van der Waals surface area contributed by atoms with Crippen LogP contribution in [-0.4, -0.2) is 54.0 Å². The lowest BCUT2D eigenvalue weighted by molar-refractivity contribution is -0.132. The van der Waals surface area contributed by atoms with Crippen molar-refractivity contribution in [3.05, 3.63) is 29.8 Å². The van der Waals surface area contributed by atoms with Gasteiger partial charge < -0.3 is 26.4 Å². The van der Waals surface area contributed by atoms with Crippen LogP contribution < -0.4 is 21.3 Å². The Bertz CT molecular complexity index is 751. The highest BCUT2D eigenvalue weighted by molar-refractivity contribution is 5.93. The van der Waals surface area contributed by atoms with Gasteiger partial charge in [0.15, 0.2) is 0 Å². The molecule has 2 rings (SSSR count). The number of carbonyl (C=O) groups is 3. The molecular weight excluding hydrogens is 408 g/mol. The average Bonchev–Trinajstić information content (AvgIpc) is 2.74. The van der Waals surface area contributed by atoms with Gasteiger partial charge in [0, 0.05) is 13.0 Å². The SMILES string of the molecule is CC(C)C[C@@H]1NC(=O)[C@H](Cc2ccc(O)cc2)NC(=O)[C@H](C)NCCCCCCNC1=O. The fourth-order valence-corrected chi connectivity index (χ4v) is 3.70. The number of hydrogen-bond donors (Lipinski definition) is 5. The lowest BCUT2D eigenvalue weighted by atomic mass is 10.0. The molecule has 8 nitrogen and oxygen atoms in total. The van der Waals surface area contributed by atoms with Gasteiger partial charge in [-0.3, -0.25) is 14.4 Å². The quantitative estimate of drug-likeness (QED) is 0.481. The summed E-state index contributed by atoms with van der Waals surface area (Å²) < 4.78 is 0. The van der Waals surface area contributed by atoms with Gasteiger partial charge in [0.1, 0.15) is 17.8 Å². The second-order valence-corrected chi connectivity index (χ2v) is 9.00. The first-order chi connectivity index (χ1) is 15.3. The van der Waals surface area contributed by atoms with Crippen molar-refractivity contribution in [1.82, 2.24) is 21.3 Å². The fraction of sp³-hybridized carbons (Fsp3) is 0.625. The van der Waals surface area contributed by atoms with E-state index in [0.29, 0.717) is 19.5 Å². The van der Waals surface area contributed by atoms with Crippen LogP contribution in [0.1, 0.15) is 58.4 Å². The maximum Gasteiger partial charge on any atom is 0.243 e. The number of benzene rings is 1. The number of phenols is 1. The summed E-state index contributed by atoms with van der Waals surface area (Å²) in [6, 6.07) is 4.58. The van der Waals surface area contributed by atoms with E-state index in [1.165, 1.54) is 0 Å². The predicted molar refractivity (Wildman–Crippen MR) is 124 cm³/mol. The zero-order valence-corrected chi connectivity index (χ0v) is 19.4.